The Morgan fingerprint density at radius 2 is 1.56 bits per heavy atom. The van der Waals surface area contributed by atoms with Crippen molar-refractivity contribution in [3.8, 4) is 29.0 Å². The van der Waals surface area contributed by atoms with Crippen LogP contribution in [0.1, 0.15) is 16.8 Å². The van der Waals surface area contributed by atoms with Crippen LogP contribution in [-0.2, 0) is 0 Å². The third-order valence-corrected chi connectivity index (χ3v) is 4.40. The number of fused-ring (bicyclic) bond motifs is 1. The number of benzene rings is 2. The zero-order valence-corrected chi connectivity index (χ0v) is 15.0. The predicted octanol–water partition coefficient (Wildman–Crippen LogP) is 4.14. The zero-order valence-electron chi connectivity index (χ0n) is 15.0. The van der Waals surface area contributed by atoms with Crippen LogP contribution in [0.15, 0.2) is 30.3 Å². The fourth-order valence-corrected chi connectivity index (χ4v) is 3.20. The number of rotatable bonds is 4. The van der Waals surface area contributed by atoms with Crippen LogP contribution in [0.4, 0.5) is 0 Å². The standard InChI is InChI=1S/C20H20N2O3/c1-12-6-8-14(9-7-12)22-13(2)15(11-21)18-16(22)10-17(23-3)19(24-4)20(18)25-5/h6-10H,1-5H3. The molecule has 0 saturated carbocycles. The number of hydrogen-bond donors (Lipinski definition) is 0. The van der Waals surface area contributed by atoms with Gasteiger partial charge in [0.15, 0.2) is 11.5 Å². The molecule has 0 unspecified atom stereocenters. The largest absolute Gasteiger partial charge is 0.493 e. The molecule has 5 nitrogen and oxygen atoms in total. The molecule has 0 aliphatic carbocycles. The highest BCUT2D eigenvalue weighted by molar-refractivity contribution is 5.98. The quantitative estimate of drug-likeness (QED) is 0.718. The maximum absolute atomic E-state index is 9.74. The van der Waals surface area contributed by atoms with Crippen molar-refractivity contribution in [1.29, 1.82) is 5.26 Å². The minimum atomic E-state index is 0.482. The second-order valence-corrected chi connectivity index (χ2v) is 5.78. The predicted molar refractivity (Wildman–Crippen MR) is 97.1 cm³/mol. The first-order valence-corrected chi connectivity index (χ1v) is 7.88. The molecule has 0 saturated heterocycles. The molecule has 0 aliphatic heterocycles. The van der Waals surface area contributed by atoms with E-state index in [1.807, 2.05) is 48.7 Å². The summed E-state index contributed by atoms with van der Waals surface area (Å²) < 4.78 is 18.6. The lowest BCUT2D eigenvalue weighted by atomic mass is 10.1. The molecule has 1 heterocycles. The molecule has 0 aliphatic rings. The molecular weight excluding hydrogens is 316 g/mol. The van der Waals surface area contributed by atoms with Gasteiger partial charge in [-0.15, -0.1) is 0 Å². The highest BCUT2D eigenvalue weighted by atomic mass is 16.5. The number of ether oxygens (including phenoxy) is 3. The molecule has 0 bridgehead atoms. The maximum Gasteiger partial charge on any atom is 0.204 e. The summed E-state index contributed by atoms with van der Waals surface area (Å²) in [5.74, 6) is 1.54. The van der Waals surface area contributed by atoms with E-state index < -0.39 is 0 Å². The number of nitrogens with zero attached hydrogens (tertiary/aromatic N) is 2. The Balaban J connectivity index is 2.49. The Labute approximate surface area is 147 Å². The number of hydrogen-bond acceptors (Lipinski definition) is 4. The molecule has 0 radical (unpaired) electrons. The lowest BCUT2D eigenvalue weighted by Crippen LogP contribution is -1.99. The zero-order chi connectivity index (χ0) is 18.1. The monoisotopic (exact) mass is 336 g/mol. The van der Waals surface area contributed by atoms with Crippen molar-refractivity contribution in [2.24, 2.45) is 0 Å². The van der Waals surface area contributed by atoms with E-state index in [1.165, 1.54) is 5.56 Å². The van der Waals surface area contributed by atoms with Crippen molar-refractivity contribution >= 4 is 10.9 Å². The Kier molecular flexibility index (Phi) is 4.28. The second kappa shape index (κ2) is 6.40. The van der Waals surface area contributed by atoms with Crippen LogP contribution in [-0.4, -0.2) is 25.9 Å². The fourth-order valence-electron chi connectivity index (χ4n) is 3.20. The number of methoxy groups -OCH3 is 3. The lowest BCUT2D eigenvalue weighted by Gasteiger charge is -2.14. The first kappa shape index (κ1) is 16.7. The van der Waals surface area contributed by atoms with Gasteiger partial charge >= 0.3 is 0 Å². The summed E-state index contributed by atoms with van der Waals surface area (Å²) in [5.41, 5.74) is 4.40. The topological polar surface area (TPSA) is 56.4 Å². The van der Waals surface area contributed by atoms with E-state index in [-0.39, 0.29) is 0 Å². The van der Waals surface area contributed by atoms with Crippen LogP contribution in [0.3, 0.4) is 0 Å². The van der Waals surface area contributed by atoms with Gasteiger partial charge in [-0.25, -0.2) is 0 Å². The SMILES string of the molecule is COc1cc2c(c(C#N)c(C)n2-c2ccc(C)cc2)c(OC)c1OC. The fraction of sp³-hybridized carbons (Fsp3) is 0.250. The molecule has 0 N–H and O–H groups in total. The van der Waals surface area contributed by atoms with E-state index in [0.29, 0.717) is 22.8 Å². The van der Waals surface area contributed by atoms with Gasteiger partial charge in [0.05, 0.1) is 37.8 Å². The molecule has 5 heteroatoms. The minimum absolute atomic E-state index is 0.482. The summed E-state index contributed by atoms with van der Waals surface area (Å²) in [6.07, 6.45) is 0. The van der Waals surface area contributed by atoms with Crippen molar-refractivity contribution in [2.75, 3.05) is 21.3 Å². The van der Waals surface area contributed by atoms with Gasteiger partial charge in [0.2, 0.25) is 5.75 Å². The number of aryl methyl sites for hydroxylation is 1. The van der Waals surface area contributed by atoms with Crippen molar-refractivity contribution in [1.82, 2.24) is 4.57 Å². The van der Waals surface area contributed by atoms with Gasteiger partial charge in [-0.1, -0.05) is 17.7 Å². The molecule has 128 valence electrons. The summed E-state index contributed by atoms with van der Waals surface area (Å²) >= 11 is 0. The van der Waals surface area contributed by atoms with Gasteiger partial charge in [-0.3, -0.25) is 0 Å². The van der Waals surface area contributed by atoms with Crippen molar-refractivity contribution in [3.05, 3.63) is 47.2 Å². The first-order chi connectivity index (χ1) is 12.1. The Morgan fingerprint density at radius 3 is 2.08 bits per heavy atom. The Hall–Kier alpha value is -3.13. The third-order valence-electron chi connectivity index (χ3n) is 4.40. The van der Waals surface area contributed by atoms with Gasteiger partial charge in [-0.2, -0.15) is 5.26 Å². The molecule has 0 spiro atoms. The normalized spacial score (nSPS) is 10.6. The smallest absolute Gasteiger partial charge is 0.204 e. The summed E-state index contributed by atoms with van der Waals surface area (Å²) in [4.78, 5) is 0. The summed E-state index contributed by atoms with van der Waals surface area (Å²) in [7, 11) is 4.71. The van der Waals surface area contributed by atoms with Crippen LogP contribution in [0, 0.1) is 25.2 Å². The van der Waals surface area contributed by atoms with Gasteiger partial charge in [0.1, 0.15) is 6.07 Å². The van der Waals surface area contributed by atoms with Gasteiger partial charge < -0.3 is 18.8 Å². The van der Waals surface area contributed by atoms with Gasteiger partial charge in [0.25, 0.3) is 0 Å². The highest BCUT2D eigenvalue weighted by Crippen LogP contribution is 2.46. The van der Waals surface area contributed by atoms with Gasteiger partial charge in [-0.05, 0) is 26.0 Å². The molecular formula is C20H20N2O3. The van der Waals surface area contributed by atoms with E-state index in [1.54, 1.807) is 21.3 Å². The molecule has 0 atom stereocenters. The molecule has 1 aromatic heterocycles. The third kappa shape index (κ3) is 2.47. The van der Waals surface area contributed by atoms with Crippen LogP contribution in [0.5, 0.6) is 17.2 Å². The van der Waals surface area contributed by atoms with Crippen molar-refractivity contribution in [2.45, 2.75) is 13.8 Å². The molecule has 0 amide bonds. The van der Waals surface area contributed by atoms with E-state index in [2.05, 4.69) is 6.07 Å². The average Bonchev–Trinajstić information content (AvgIpc) is 2.91. The molecule has 3 rings (SSSR count). The average molecular weight is 336 g/mol. The van der Waals surface area contributed by atoms with E-state index in [9.17, 15) is 5.26 Å². The van der Waals surface area contributed by atoms with Gasteiger partial charge in [0, 0.05) is 17.4 Å². The molecule has 2 aromatic carbocycles. The summed E-state index contributed by atoms with van der Waals surface area (Å²) in [6.45, 7) is 3.97. The van der Waals surface area contributed by atoms with Crippen molar-refractivity contribution in [3.63, 3.8) is 0 Å². The van der Waals surface area contributed by atoms with Crippen LogP contribution >= 0.6 is 0 Å². The van der Waals surface area contributed by atoms with E-state index >= 15 is 0 Å². The lowest BCUT2D eigenvalue weighted by molar-refractivity contribution is 0.327. The summed E-state index contributed by atoms with van der Waals surface area (Å²) in [5, 5.41) is 10.5. The molecule has 0 fully saturated rings. The van der Waals surface area contributed by atoms with E-state index in [0.717, 1.165) is 22.3 Å². The second-order valence-electron chi connectivity index (χ2n) is 5.78. The summed E-state index contributed by atoms with van der Waals surface area (Å²) in [6, 6.07) is 12.3. The number of aromatic nitrogens is 1. The van der Waals surface area contributed by atoms with Crippen LogP contribution < -0.4 is 14.2 Å². The maximum atomic E-state index is 9.74. The van der Waals surface area contributed by atoms with E-state index in [4.69, 9.17) is 14.2 Å². The highest BCUT2D eigenvalue weighted by Gasteiger charge is 2.24. The first-order valence-electron chi connectivity index (χ1n) is 7.88. The Morgan fingerprint density at radius 1 is 0.920 bits per heavy atom. The Bertz CT molecular complexity index is 979. The van der Waals surface area contributed by atoms with Crippen LogP contribution in [0.2, 0.25) is 0 Å². The molecule has 25 heavy (non-hydrogen) atoms. The molecule has 3 aromatic rings. The minimum Gasteiger partial charge on any atom is -0.493 e. The van der Waals surface area contributed by atoms with Crippen LogP contribution in [0.25, 0.3) is 16.6 Å². The van der Waals surface area contributed by atoms with Crippen molar-refractivity contribution < 1.29 is 14.2 Å². The number of nitriles is 1.